The van der Waals surface area contributed by atoms with Gasteiger partial charge in [-0.25, -0.2) is 0 Å². The average Bonchev–Trinajstić information content (AvgIpc) is 2.60. The van der Waals surface area contributed by atoms with E-state index in [1.165, 1.54) is 11.0 Å². The lowest BCUT2D eigenvalue weighted by atomic mass is 9.97. The predicted molar refractivity (Wildman–Crippen MR) is 105 cm³/mol. The number of carbonyl (C=O) groups is 2. The molecule has 0 fully saturated rings. The first-order chi connectivity index (χ1) is 12.2. The number of rotatable bonds is 4. The van der Waals surface area contributed by atoms with Crippen LogP contribution >= 0.6 is 0 Å². The van der Waals surface area contributed by atoms with Crippen LogP contribution in [0, 0.1) is 12.3 Å². The van der Waals surface area contributed by atoms with Crippen molar-refractivity contribution in [1.29, 1.82) is 0 Å². The topological polar surface area (TPSA) is 46.6 Å². The molecule has 2 aromatic rings. The highest BCUT2D eigenvalue weighted by atomic mass is 16.5. The lowest BCUT2D eigenvalue weighted by molar-refractivity contribution is -0.145. The summed E-state index contributed by atoms with van der Waals surface area (Å²) in [4.78, 5) is 26.6. The van der Waals surface area contributed by atoms with Crippen LogP contribution in [0.3, 0.4) is 0 Å². The van der Waals surface area contributed by atoms with Crippen LogP contribution in [0.15, 0.2) is 60.7 Å². The van der Waals surface area contributed by atoms with Gasteiger partial charge in [-0.3, -0.25) is 9.59 Å². The zero-order valence-corrected chi connectivity index (χ0v) is 15.9. The zero-order valence-electron chi connectivity index (χ0n) is 15.9. The Bertz CT molecular complexity index is 817. The number of esters is 1. The fraction of sp³-hybridized carbons (Fsp3) is 0.273. The third kappa shape index (κ3) is 5.06. The molecule has 26 heavy (non-hydrogen) atoms. The predicted octanol–water partition coefficient (Wildman–Crippen LogP) is 4.59. The first-order valence-corrected chi connectivity index (χ1v) is 8.52. The van der Waals surface area contributed by atoms with Crippen LogP contribution in [-0.4, -0.2) is 18.9 Å². The molecule has 0 aromatic heterocycles. The second kappa shape index (κ2) is 8.00. The minimum absolute atomic E-state index is 0.251. The van der Waals surface area contributed by atoms with Crippen LogP contribution in [0.4, 0.5) is 5.69 Å². The van der Waals surface area contributed by atoms with Gasteiger partial charge in [-0.15, -0.1) is 0 Å². The number of hydrogen-bond acceptors (Lipinski definition) is 3. The van der Waals surface area contributed by atoms with Crippen molar-refractivity contribution in [1.82, 2.24) is 0 Å². The van der Waals surface area contributed by atoms with E-state index in [0.29, 0.717) is 5.56 Å². The van der Waals surface area contributed by atoms with E-state index < -0.39 is 5.41 Å². The van der Waals surface area contributed by atoms with Crippen molar-refractivity contribution >= 4 is 23.3 Å². The monoisotopic (exact) mass is 351 g/mol. The molecular formula is C22H25NO3. The number of anilines is 1. The molecule has 0 aliphatic rings. The van der Waals surface area contributed by atoms with E-state index in [4.69, 9.17) is 4.74 Å². The minimum atomic E-state index is -0.669. The Balaban J connectivity index is 2.37. The summed E-state index contributed by atoms with van der Waals surface area (Å²) in [5, 5.41) is 0. The van der Waals surface area contributed by atoms with Crippen LogP contribution in [0.25, 0.3) is 5.76 Å². The molecule has 0 saturated carbocycles. The average molecular weight is 351 g/mol. The third-order valence-corrected chi connectivity index (χ3v) is 3.85. The second-order valence-corrected chi connectivity index (χ2v) is 7.25. The van der Waals surface area contributed by atoms with Gasteiger partial charge < -0.3 is 9.64 Å². The molecule has 136 valence electrons. The fourth-order valence-corrected chi connectivity index (χ4v) is 2.21. The largest absolute Gasteiger partial charge is 0.425 e. The van der Waals surface area contributed by atoms with Crippen LogP contribution in [-0.2, 0) is 14.3 Å². The van der Waals surface area contributed by atoms with E-state index in [1.807, 2.05) is 61.5 Å². The van der Waals surface area contributed by atoms with Gasteiger partial charge in [-0.05, 0) is 45.9 Å². The fourth-order valence-electron chi connectivity index (χ4n) is 2.21. The van der Waals surface area contributed by atoms with Gasteiger partial charge >= 0.3 is 5.97 Å². The normalized spacial score (nSPS) is 11.8. The van der Waals surface area contributed by atoms with Crippen molar-refractivity contribution in [2.24, 2.45) is 5.41 Å². The maximum Gasteiger partial charge on any atom is 0.316 e. The Morgan fingerprint density at radius 3 is 2.23 bits per heavy atom. The first-order valence-electron chi connectivity index (χ1n) is 8.52. The molecular weight excluding hydrogens is 326 g/mol. The van der Waals surface area contributed by atoms with Gasteiger partial charge in [0.25, 0.3) is 5.91 Å². The molecule has 0 radical (unpaired) electrons. The molecule has 0 unspecified atom stereocenters. The van der Waals surface area contributed by atoms with Crippen molar-refractivity contribution in [3.63, 3.8) is 0 Å². The number of nitrogens with zero attached hydrogens (tertiary/aromatic N) is 1. The number of aryl methyl sites for hydroxylation is 1. The van der Waals surface area contributed by atoms with Crippen molar-refractivity contribution in [2.45, 2.75) is 27.7 Å². The summed E-state index contributed by atoms with van der Waals surface area (Å²) in [5.74, 6) is -0.406. The summed E-state index contributed by atoms with van der Waals surface area (Å²) in [7, 11) is 1.69. The summed E-state index contributed by atoms with van der Waals surface area (Å²) in [5.41, 5.74) is 1.80. The van der Waals surface area contributed by atoms with Crippen LogP contribution < -0.4 is 4.90 Å². The Kier molecular flexibility index (Phi) is 5.98. The molecule has 0 bridgehead atoms. The summed E-state index contributed by atoms with van der Waals surface area (Å²) in [6, 6.07) is 16.8. The Morgan fingerprint density at radius 1 is 1.00 bits per heavy atom. The highest BCUT2D eigenvalue weighted by Gasteiger charge is 2.25. The van der Waals surface area contributed by atoms with Gasteiger partial charge in [0.2, 0.25) is 0 Å². The van der Waals surface area contributed by atoms with Gasteiger partial charge in [0.1, 0.15) is 5.76 Å². The quantitative estimate of drug-likeness (QED) is 0.460. The summed E-state index contributed by atoms with van der Waals surface area (Å²) in [6.45, 7) is 7.29. The zero-order chi connectivity index (χ0) is 19.3. The van der Waals surface area contributed by atoms with E-state index in [2.05, 4.69) is 0 Å². The van der Waals surface area contributed by atoms with Crippen molar-refractivity contribution in [3.8, 4) is 0 Å². The Morgan fingerprint density at radius 2 is 1.65 bits per heavy atom. The molecule has 4 nitrogen and oxygen atoms in total. The molecule has 4 heteroatoms. The van der Waals surface area contributed by atoms with E-state index in [1.54, 1.807) is 27.8 Å². The number of carbonyl (C=O) groups excluding carboxylic acids is 2. The molecule has 0 N–H and O–H groups in total. The summed E-state index contributed by atoms with van der Waals surface area (Å²) >= 11 is 0. The van der Waals surface area contributed by atoms with E-state index in [-0.39, 0.29) is 17.6 Å². The minimum Gasteiger partial charge on any atom is -0.425 e. The molecule has 0 saturated heterocycles. The first kappa shape index (κ1) is 19.4. The molecule has 0 aliphatic heterocycles. The van der Waals surface area contributed by atoms with Crippen molar-refractivity contribution in [2.75, 3.05) is 11.9 Å². The maximum atomic E-state index is 12.7. The molecule has 2 aromatic carbocycles. The lowest BCUT2D eigenvalue weighted by Gasteiger charge is -2.20. The lowest BCUT2D eigenvalue weighted by Crippen LogP contribution is -2.26. The number of hydrogen-bond donors (Lipinski definition) is 0. The number of likely N-dealkylation sites (N-methyl/N-ethyl adjacent to an activating group) is 1. The standard InChI is InChI=1S/C22H25NO3/c1-16-10-9-11-17(14-16)19(26-21(25)22(2,3)4)15-20(24)23(5)18-12-7-6-8-13-18/h6-15H,1-5H3/b19-15+. The molecule has 0 aliphatic carbocycles. The number of benzene rings is 2. The molecule has 2 rings (SSSR count). The van der Waals surface area contributed by atoms with E-state index >= 15 is 0 Å². The molecule has 0 spiro atoms. The van der Waals surface area contributed by atoms with Gasteiger partial charge in [-0.1, -0.05) is 42.0 Å². The number of ether oxygens (including phenoxy) is 1. The van der Waals surface area contributed by atoms with Gasteiger partial charge in [0, 0.05) is 24.4 Å². The molecule has 1 amide bonds. The highest BCUT2D eigenvalue weighted by molar-refractivity contribution is 6.05. The van der Waals surface area contributed by atoms with E-state index in [9.17, 15) is 9.59 Å². The van der Waals surface area contributed by atoms with Gasteiger partial charge in [-0.2, -0.15) is 0 Å². The van der Waals surface area contributed by atoms with Crippen LogP contribution in [0.1, 0.15) is 31.9 Å². The highest BCUT2D eigenvalue weighted by Crippen LogP contribution is 2.24. The van der Waals surface area contributed by atoms with Crippen molar-refractivity contribution in [3.05, 3.63) is 71.8 Å². The molecule has 0 heterocycles. The summed E-state index contributed by atoms with van der Waals surface area (Å²) in [6.07, 6.45) is 1.37. The number of para-hydroxylation sites is 1. The van der Waals surface area contributed by atoms with Gasteiger partial charge in [0.15, 0.2) is 0 Å². The van der Waals surface area contributed by atoms with Crippen LogP contribution in [0.2, 0.25) is 0 Å². The Labute approximate surface area is 155 Å². The van der Waals surface area contributed by atoms with Gasteiger partial charge in [0.05, 0.1) is 5.41 Å². The second-order valence-electron chi connectivity index (χ2n) is 7.25. The maximum absolute atomic E-state index is 12.7. The van der Waals surface area contributed by atoms with Crippen molar-refractivity contribution < 1.29 is 14.3 Å². The van der Waals surface area contributed by atoms with Crippen LogP contribution in [0.5, 0.6) is 0 Å². The summed E-state index contributed by atoms with van der Waals surface area (Å²) < 4.78 is 5.59. The number of amides is 1. The smallest absolute Gasteiger partial charge is 0.316 e. The third-order valence-electron chi connectivity index (χ3n) is 3.85. The van der Waals surface area contributed by atoms with E-state index in [0.717, 1.165) is 11.3 Å². The molecule has 0 atom stereocenters. The SMILES string of the molecule is Cc1cccc(/C(=C\C(=O)N(C)c2ccccc2)OC(=O)C(C)(C)C)c1. The Hall–Kier alpha value is -2.88.